The van der Waals surface area contributed by atoms with Crippen LogP contribution in [0.15, 0.2) is 84.0 Å². The number of nitrogens with zero attached hydrogens (tertiary/aromatic N) is 1. The van der Waals surface area contributed by atoms with E-state index < -0.39 is 0 Å². The van der Waals surface area contributed by atoms with Crippen molar-refractivity contribution in [3.8, 4) is 11.5 Å². The fourth-order valence-electron chi connectivity index (χ4n) is 2.54. The average molecular weight is 389 g/mol. The van der Waals surface area contributed by atoms with Crippen molar-refractivity contribution in [3.05, 3.63) is 90.0 Å². The summed E-state index contributed by atoms with van der Waals surface area (Å²) in [6, 6.07) is 24.8. The molecule has 0 atom stereocenters. The summed E-state index contributed by atoms with van der Waals surface area (Å²) < 4.78 is 10.9. The minimum atomic E-state index is -0.242. The zero-order valence-electron chi connectivity index (χ0n) is 16.2. The van der Waals surface area contributed by atoms with Crippen LogP contribution in [0.2, 0.25) is 0 Å². The number of benzene rings is 3. The second kappa shape index (κ2) is 10.5. The number of hydrogen-bond acceptors (Lipinski definition) is 5. The number of carbonyl (C=O) groups is 1. The van der Waals surface area contributed by atoms with Crippen molar-refractivity contribution in [2.24, 2.45) is 5.10 Å². The van der Waals surface area contributed by atoms with Crippen LogP contribution in [0.5, 0.6) is 11.5 Å². The van der Waals surface area contributed by atoms with Crippen LogP contribution >= 0.6 is 0 Å². The van der Waals surface area contributed by atoms with Gasteiger partial charge in [0.1, 0.15) is 18.1 Å². The number of rotatable bonds is 9. The molecule has 0 unspecified atom stereocenters. The summed E-state index contributed by atoms with van der Waals surface area (Å²) in [5.41, 5.74) is 5.26. The quantitative estimate of drug-likeness (QED) is 0.431. The highest BCUT2D eigenvalue weighted by Gasteiger charge is 2.01. The fourth-order valence-corrected chi connectivity index (χ4v) is 2.54. The van der Waals surface area contributed by atoms with Gasteiger partial charge in [-0.2, -0.15) is 5.10 Å². The first kappa shape index (κ1) is 19.9. The van der Waals surface area contributed by atoms with E-state index in [9.17, 15) is 4.79 Å². The molecule has 0 saturated heterocycles. The van der Waals surface area contributed by atoms with Gasteiger partial charge in [0.05, 0.1) is 19.9 Å². The van der Waals surface area contributed by atoms with Gasteiger partial charge in [-0.15, -0.1) is 0 Å². The summed E-state index contributed by atoms with van der Waals surface area (Å²) in [4.78, 5) is 11.9. The Bertz CT molecular complexity index is 941. The molecule has 1 amide bonds. The van der Waals surface area contributed by atoms with Gasteiger partial charge in [0.2, 0.25) is 0 Å². The van der Waals surface area contributed by atoms with E-state index in [4.69, 9.17) is 9.47 Å². The van der Waals surface area contributed by atoms with Gasteiger partial charge >= 0.3 is 0 Å². The number of hydrogen-bond donors (Lipinski definition) is 2. The lowest BCUT2D eigenvalue weighted by atomic mass is 10.2. The van der Waals surface area contributed by atoms with Crippen molar-refractivity contribution >= 4 is 17.8 Å². The number of anilines is 1. The molecule has 148 valence electrons. The Morgan fingerprint density at radius 3 is 2.52 bits per heavy atom. The van der Waals surface area contributed by atoms with Crippen molar-refractivity contribution in [2.75, 3.05) is 19.0 Å². The molecule has 0 spiro atoms. The summed E-state index contributed by atoms with van der Waals surface area (Å²) in [5, 5.41) is 7.02. The topological polar surface area (TPSA) is 72.0 Å². The zero-order valence-corrected chi connectivity index (χ0v) is 16.2. The van der Waals surface area contributed by atoms with Crippen LogP contribution in [0.1, 0.15) is 11.1 Å². The first-order valence-corrected chi connectivity index (χ1v) is 9.19. The molecule has 6 nitrogen and oxygen atoms in total. The lowest BCUT2D eigenvalue weighted by molar-refractivity contribution is -0.119. The van der Waals surface area contributed by atoms with Crippen LogP contribution in [0, 0.1) is 0 Å². The number of nitrogens with one attached hydrogen (secondary N) is 2. The van der Waals surface area contributed by atoms with Gasteiger partial charge in [-0.05, 0) is 47.5 Å². The molecule has 0 saturated carbocycles. The maximum absolute atomic E-state index is 11.9. The van der Waals surface area contributed by atoms with Crippen molar-refractivity contribution in [3.63, 3.8) is 0 Å². The second-order valence-electron chi connectivity index (χ2n) is 6.22. The van der Waals surface area contributed by atoms with E-state index in [1.807, 2.05) is 78.9 Å². The summed E-state index contributed by atoms with van der Waals surface area (Å²) in [6.45, 7) is 0.610. The third kappa shape index (κ3) is 6.70. The molecular formula is C23H23N3O3. The lowest BCUT2D eigenvalue weighted by Gasteiger charge is -2.07. The van der Waals surface area contributed by atoms with E-state index in [0.29, 0.717) is 6.61 Å². The van der Waals surface area contributed by atoms with Gasteiger partial charge in [-0.25, -0.2) is 5.43 Å². The van der Waals surface area contributed by atoms with Gasteiger partial charge in [0.15, 0.2) is 0 Å². The molecule has 0 aliphatic carbocycles. The summed E-state index contributed by atoms with van der Waals surface area (Å²) >= 11 is 0. The van der Waals surface area contributed by atoms with E-state index in [2.05, 4.69) is 15.8 Å². The predicted octanol–water partition coefficient (Wildman–Crippen LogP) is 3.84. The SMILES string of the molecule is COc1ccc(NCC(=O)NN=Cc2cccc(OCc3ccccc3)c2)cc1. The normalized spacial score (nSPS) is 10.5. The predicted molar refractivity (Wildman–Crippen MR) is 114 cm³/mol. The van der Waals surface area contributed by atoms with Gasteiger partial charge in [-0.1, -0.05) is 42.5 Å². The monoisotopic (exact) mass is 389 g/mol. The van der Waals surface area contributed by atoms with E-state index in [1.165, 1.54) is 0 Å². The first-order chi connectivity index (χ1) is 14.2. The van der Waals surface area contributed by atoms with Crippen molar-refractivity contribution in [2.45, 2.75) is 6.61 Å². The Hall–Kier alpha value is -3.80. The standard InChI is InChI=1S/C23H23N3O3/c1-28-21-12-10-20(11-13-21)24-16-23(27)26-25-15-19-8-5-9-22(14-19)29-17-18-6-3-2-4-7-18/h2-15,24H,16-17H2,1H3,(H,26,27). The van der Waals surface area contributed by atoms with Crippen LogP contribution in [-0.4, -0.2) is 25.8 Å². The second-order valence-corrected chi connectivity index (χ2v) is 6.22. The Kier molecular flexibility index (Phi) is 7.23. The molecule has 0 aliphatic heterocycles. The minimum absolute atomic E-state index is 0.115. The van der Waals surface area contributed by atoms with E-state index >= 15 is 0 Å². The highest BCUT2D eigenvalue weighted by molar-refractivity contribution is 5.84. The maximum Gasteiger partial charge on any atom is 0.259 e. The molecular weight excluding hydrogens is 366 g/mol. The molecule has 0 heterocycles. The van der Waals surface area contributed by atoms with Crippen molar-refractivity contribution in [1.29, 1.82) is 0 Å². The van der Waals surface area contributed by atoms with Gasteiger partial charge in [-0.3, -0.25) is 4.79 Å². The number of carbonyl (C=O) groups excluding carboxylic acids is 1. The molecule has 0 aliphatic rings. The molecule has 3 aromatic rings. The average Bonchev–Trinajstić information content (AvgIpc) is 2.78. The fraction of sp³-hybridized carbons (Fsp3) is 0.130. The van der Waals surface area contributed by atoms with Crippen molar-refractivity contribution in [1.82, 2.24) is 5.43 Å². The molecule has 29 heavy (non-hydrogen) atoms. The van der Waals surface area contributed by atoms with Gasteiger partial charge in [0.25, 0.3) is 5.91 Å². The smallest absolute Gasteiger partial charge is 0.259 e. The number of hydrazone groups is 1. The van der Waals surface area contributed by atoms with Crippen LogP contribution in [0.3, 0.4) is 0 Å². The molecule has 0 radical (unpaired) electrons. The summed E-state index contributed by atoms with van der Waals surface area (Å²) in [7, 11) is 1.61. The summed E-state index contributed by atoms with van der Waals surface area (Å²) in [6.07, 6.45) is 1.58. The number of amides is 1. The third-order valence-corrected chi connectivity index (χ3v) is 4.05. The van der Waals surface area contributed by atoms with Gasteiger partial charge < -0.3 is 14.8 Å². The molecule has 6 heteroatoms. The van der Waals surface area contributed by atoms with Crippen LogP contribution < -0.4 is 20.2 Å². The molecule has 0 bridgehead atoms. The highest BCUT2D eigenvalue weighted by Crippen LogP contribution is 2.15. The van der Waals surface area contributed by atoms with Crippen LogP contribution in [0.25, 0.3) is 0 Å². The first-order valence-electron chi connectivity index (χ1n) is 9.19. The molecule has 0 aromatic heterocycles. The Balaban J connectivity index is 1.44. The minimum Gasteiger partial charge on any atom is -0.497 e. The summed E-state index contributed by atoms with van der Waals surface area (Å²) in [5.74, 6) is 1.26. The maximum atomic E-state index is 11.9. The molecule has 2 N–H and O–H groups in total. The van der Waals surface area contributed by atoms with Crippen LogP contribution in [0.4, 0.5) is 5.69 Å². The molecule has 3 aromatic carbocycles. The Labute approximate surface area is 170 Å². The van der Waals surface area contributed by atoms with E-state index in [0.717, 1.165) is 28.3 Å². The Morgan fingerprint density at radius 1 is 0.966 bits per heavy atom. The highest BCUT2D eigenvalue weighted by atomic mass is 16.5. The van der Waals surface area contributed by atoms with Crippen LogP contribution in [-0.2, 0) is 11.4 Å². The Morgan fingerprint density at radius 2 is 1.76 bits per heavy atom. The third-order valence-electron chi connectivity index (χ3n) is 4.05. The van der Waals surface area contributed by atoms with Gasteiger partial charge in [0, 0.05) is 5.69 Å². The zero-order chi connectivity index (χ0) is 20.3. The van der Waals surface area contributed by atoms with E-state index in [1.54, 1.807) is 13.3 Å². The number of ether oxygens (including phenoxy) is 2. The molecule has 0 fully saturated rings. The van der Waals surface area contributed by atoms with E-state index in [-0.39, 0.29) is 12.5 Å². The number of methoxy groups -OCH3 is 1. The van der Waals surface area contributed by atoms with Crippen molar-refractivity contribution < 1.29 is 14.3 Å². The largest absolute Gasteiger partial charge is 0.497 e. The molecule has 3 rings (SSSR count). The lowest BCUT2D eigenvalue weighted by Crippen LogP contribution is -2.25.